The van der Waals surface area contributed by atoms with Crippen LogP contribution in [-0.4, -0.2) is 86.3 Å². The molecule has 0 radical (unpaired) electrons. The molecule has 2 heterocycles. The first-order chi connectivity index (χ1) is 13.0. The third-order valence-corrected chi connectivity index (χ3v) is 6.08. The van der Waals surface area contributed by atoms with Gasteiger partial charge in [0, 0.05) is 32.2 Å². The van der Waals surface area contributed by atoms with Crippen molar-refractivity contribution in [1.29, 1.82) is 0 Å². The van der Waals surface area contributed by atoms with Crippen LogP contribution >= 0.6 is 0 Å². The summed E-state index contributed by atoms with van der Waals surface area (Å²) in [5.41, 5.74) is -0.522. The van der Waals surface area contributed by atoms with Crippen LogP contribution in [0, 0.1) is 0 Å². The van der Waals surface area contributed by atoms with Crippen LogP contribution in [-0.2, 0) is 14.8 Å². The molecule has 28 heavy (non-hydrogen) atoms. The largest absolute Gasteiger partial charge is 0.444 e. The smallest absolute Gasteiger partial charge is 0.407 e. The molecule has 0 bridgehead atoms. The fourth-order valence-corrected chi connectivity index (χ4v) is 4.77. The number of nitrogens with zero attached hydrogens (tertiary/aromatic N) is 3. The molecule has 10 heteroatoms. The van der Waals surface area contributed by atoms with Gasteiger partial charge in [-0.25, -0.2) is 13.2 Å². The molecule has 162 valence electrons. The zero-order chi connectivity index (χ0) is 20.9. The summed E-state index contributed by atoms with van der Waals surface area (Å²) >= 11 is 0. The first kappa shape index (κ1) is 22.7. The van der Waals surface area contributed by atoms with Crippen molar-refractivity contribution in [2.75, 3.05) is 39.0 Å². The second-order valence-electron chi connectivity index (χ2n) is 8.44. The Labute approximate surface area is 168 Å². The molecule has 2 N–H and O–H groups in total. The van der Waals surface area contributed by atoms with Crippen LogP contribution in [0.1, 0.15) is 47.0 Å². The number of aliphatic imine (C=N–C) groups is 1. The number of hydrogen-bond donors (Lipinski definition) is 2. The average Bonchev–Trinajstić information content (AvgIpc) is 3.18. The van der Waals surface area contributed by atoms with Crippen molar-refractivity contribution in [2.45, 2.75) is 64.6 Å². The summed E-state index contributed by atoms with van der Waals surface area (Å²) in [6, 6.07) is -0.0837. The molecule has 2 fully saturated rings. The molecule has 2 rings (SSSR count). The Balaban J connectivity index is 1.95. The lowest BCUT2D eigenvalue weighted by atomic mass is 10.2. The Bertz CT molecular complexity index is 674. The molecule has 0 aromatic carbocycles. The van der Waals surface area contributed by atoms with Gasteiger partial charge >= 0.3 is 6.09 Å². The summed E-state index contributed by atoms with van der Waals surface area (Å²) in [6.07, 6.45) is 3.36. The minimum absolute atomic E-state index is 0.00213. The number of alkyl carbamates (subject to hydrolysis) is 1. The molecule has 0 unspecified atom stereocenters. The predicted octanol–water partition coefficient (Wildman–Crippen LogP) is 0.975. The van der Waals surface area contributed by atoms with Crippen molar-refractivity contribution >= 4 is 22.1 Å². The van der Waals surface area contributed by atoms with Gasteiger partial charge in [-0.05, 0) is 47.0 Å². The number of rotatable bonds is 5. The molecule has 2 aliphatic rings. The maximum Gasteiger partial charge on any atom is 0.407 e. The molecule has 2 saturated heterocycles. The molecule has 0 aromatic heterocycles. The van der Waals surface area contributed by atoms with E-state index in [4.69, 9.17) is 9.73 Å². The van der Waals surface area contributed by atoms with Gasteiger partial charge in [0.2, 0.25) is 10.0 Å². The number of carbonyl (C=O) groups excluding carboxylic acids is 1. The number of ether oxygens (including phenoxy) is 1. The fourth-order valence-electron chi connectivity index (χ4n) is 3.59. The van der Waals surface area contributed by atoms with E-state index in [1.807, 2.05) is 27.7 Å². The Morgan fingerprint density at radius 1 is 1.25 bits per heavy atom. The third-order valence-electron chi connectivity index (χ3n) is 4.74. The van der Waals surface area contributed by atoms with Gasteiger partial charge in [-0.1, -0.05) is 0 Å². The first-order valence-electron chi connectivity index (χ1n) is 9.99. The molecule has 2 aliphatic heterocycles. The highest BCUT2D eigenvalue weighted by molar-refractivity contribution is 7.88. The van der Waals surface area contributed by atoms with E-state index in [1.54, 1.807) is 4.31 Å². The minimum atomic E-state index is -3.20. The van der Waals surface area contributed by atoms with Crippen molar-refractivity contribution in [2.24, 2.45) is 4.99 Å². The summed E-state index contributed by atoms with van der Waals surface area (Å²) < 4.78 is 30.7. The maximum atomic E-state index is 12.0. The van der Waals surface area contributed by atoms with Crippen LogP contribution in [0.25, 0.3) is 0 Å². The van der Waals surface area contributed by atoms with Gasteiger partial charge < -0.3 is 20.3 Å². The summed E-state index contributed by atoms with van der Waals surface area (Å²) in [6.45, 7) is 10.7. The van der Waals surface area contributed by atoms with Crippen LogP contribution in [0.5, 0.6) is 0 Å². The van der Waals surface area contributed by atoms with E-state index in [-0.39, 0.29) is 12.1 Å². The van der Waals surface area contributed by atoms with E-state index in [1.165, 1.54) is 6.26 Å². The Morgan fingerprint density at radius 3 is 2.57 bits per heavy atom. The Morgan fingerprint density at radius 2 is 1.96 bits per heavy atom. The van der Waals surface area contributed by atoms with Gasteiger partial charge in [-0.15, -0.1) is 0 Å². The third kappa shape index (κ3) is 6.80. The molecule has 0 aromatic rings. The topological polar surface area (TPSA) is 103 Å². The van der Waals surface area contributed by atoms with Crippen LogP contribution < -0.4 is 10.6 Å². The second kappa shape index (κ2) is 9.30. The van der Waals surface area contributed by atoms with Gasteiger partial charge in [0.15, 0.2) is 5.96 Å². The normalized spacial score (nSPS) is 24.5. The summed E-state index contributed by atoms with van der Waals surface area (Å²) in [7, 11) is -3.20. The zero-order valence-electron chi connectivity index (χ0n) is 17.7. The van der Waals surface area contributed by atoms with E-state index in [0.717, 1.165) is 38.3 Å². The highest BCUT2D eigenvalue weighted by Gasteiger charge is 2.32. The highest BCUT2D eigenvalue weighted by atomic mass is 32.2. The second-order valence-corrected chi connectivity index (χ2v) is 10.4. The van der Waals surface area contributed by atoms with Crippen molar-refractivity contribution in [3.8, 4) is 0 Å². The SMILES string of the molecule is CCNC(=NC[C@H]1CCCN1S(C)(=O)=O)N1CC[C@@H](NC(=O)OC(C)(C)C)C1. The molecule has 9 nitrogen and oxygen atoms in total. The Hall–Kier alpha value is -1.55. The lowest BCUT2D eigenvalue weighted by Gasteiger charge is -2.25. The summed E-state index contributed by atoms with van der Waals surface area (Å²) in [4.78, 5) is 18.8. The molecular weight excluding hydrogens is 382 g/mol. The molecule has 2 atom stereocenters. The molecular formula is C18H35N5O4S. The van der Waals surface area contributed by atoms with E-state index < -0.39 is 21.7 Å². The molecule has 0 spiro atoms. The van der Waals surface area contributed by atoms with Crippen LogP contribution in [0.3, 0.4) is 0 Å². The first-order valence-corrected chi connectivity index (χ1v) is 11.8. The predicted molar refractivity (Wildman–Crippen MR) is 110 cm³/mol. The lowest BCUT2D eigenvalue weighted by Crippen LogP contribution is -2.45. The fraction of sp³-hybridized carbons (Fsp3) is 0.889. The molecule has 1 amide bonds. The quantitative estimate of drug-likeness (QED) is 0.510. The van der Waals surface area contributed by atoms with E-state index >= 15 is 0 Å². The number of guanidine groups is 1. The van der Waals surface area contributed by atoms with Crippen molar-refractivity contribution in [3.63, 3.8) is 0 Å². The Kier molecular flexibility index (Phi) is 7.55. The van der Waals surface area contributed by atoms with Gasteiger partial charge in [-0.2, -0.15) is 4.31 Å². The number of nitrogens with one attached hydrogen (secondary N) is 2. The number of carbonyl (C=O) groups is 1. The monoisotopic (exact) mass is 417 g/mol. The van der Waals surface area contributed by atoms with Crippen molar-refractivity contribution < 1.29 is 17.9 Å². The van der Waals surface area contributed by atoms with Crippen LogP contribution in [0.4, 0.5) is 4.79 Å². The highest BCUT2D eigenvalue weighted by Crippen LogP contribution is 2.21. The number of likely N-dealkylation sites (tertiary alicyclic amines) is 1. The average molecular weight is 418 g/mol. The van der Waals surface area contributed by atoms with E-state index in [9.17, 15) is 13.2 Å². The molecule has 0 saturated carbocycles. The minimum Gasteiger partial charge on any atom is -0.444 e. The van der Waals surface area contributed by atoms with E-state index in [2.05, 4.69) is 15.5 Å². The standard InChI is InChI=1S/C18H35N5O4S/c1-6-19-16(20-12-15-8-7-10-23(15)28(5,25)26)22-11-9-14(13-22)21-17(24)27-18(2,3)4/h14-15H,6-13H2,1-5H3,(H,19,20)(H,21,24)/t14-,15-/m1/s1. The van der Waals surface area contributed by atoms with Crippen molar-refractivity contribution in [1.82, 2.24) is 19.8 Å². The van der Waals surface area contributed by atoms with E-state index in [0.29, 0.717) is 19.6 Å². The zero-order valence-corrected chi connectivity index (χ0v) is 18.5. The van der Waals surface area contributed by atoms with Crippen LogP contribution in [0.15, 0.2) is 4.99 Å². The number of hydrogen-bond acceptors (Lipinski definition) is 5. The molecule has 0 aliphatic carbocycles. The maximum absolute atomic E-state index is 12.0. The van der Waals surface area contributed by atoms with Gasteiger partial charge in [-0.3, -0.25) is 4.99 Å². The summed E-state index contributed by atoms with van der Waals surface area (Å²) in [5, 5.41) is 6.19. The van der Waals surface area contributed by atoms with Crippen LogP contribution in [0.2, 0.25) is 0 Å². The lowest BCUT2D eigenvalue weighted by molar-refractivity contribution is 0.0507. The van der Waals surface area contributed by atoms with Gasteiger partial charge in [0.05, 0.1) is 18.8 Å². The number of amides is 1. The summed E-state index contributed by atoms with van der Waals surface area (Å²) in [5.74, 6) is 0.760. The van der Waals surface area contributed by atoms with Gasteiger partial charge in [0.1, 0.15) is 5.60 Å². The van der Waals surface area contributed by atoms with Gasteiger partial charge in [0.25, 0.3) is 0 Å². The van der Waals surface area contributed by atoms with Crippen molar-refractivity contribution in [3.05, 3.63) is 0 Å². The number of sulfonamides is 1.